The van der Waals surface area contributed by atoms with Crippen LogP contribution in [0.3, 0.4) is 0 Å². The van der Waals surface area contributed by atoms with E-state index < -0.39 is 0 Å². The van der Waals surface area contributed by atoms with Gasteiger partial charge in [-0.15, -0.1) is 0 Å². The number of carbonyl (C=O) groups excluding carboxylic acids is 2. The summed E-state index contributed by atoms with van der Waals surface area (Å²) in [7, 11) is 1.75. The molecular formula is C29H32N2O4. The Kier molecular flexibility index (Phi) is 6.37. The van der Waals surface area contributed by atoms with Crippen molar-refractivity contribution in [1.82, 2.24) is 9.80 Å². The Hall–Kier alpha value is -3.54. The van der Waals surface area contributed by atoms with Gasteiger partial charge in [0, 0.05) is 26.1 Å². The van der Waals surface area contributed by atoms with Gasteiger partial charge in [-0.05, 0) is 74.1 Å². The summed E-state index contributed by atoms with van der Waals surface area (Å²) >= 11 is 0. The van der Waals surface area contributed by atoms with Crippen LogP contribution in [0.25, 0.3) is 0 Å². The number of carbonyl (C=O) groups is 2. The summed E-state index contributed by atoms with van der Waals surface area (Å²) in [5.74, 6) is 1.92. The molecule has 1 atom stereocenters. The maximum absolute atomic E-state index is 13.2. The van der Waals surface area contributed by atoms with Gasteiger partial charge in [-0.1, -0.05) is 35.9 Å². The van der Waals surface area contributed by atoms with Gasteiger partial charge < -0.3 is 19.0 Å². The fraction of sp³-hybridized carbons (Fsp3) is 0.379. The lowest BCUT2D eigenvalue weighted by Crippen LogP contribution is -2.41. The van der Waals surface area contributed by atoms with Gasteiger partial charge in [-0.3, -0.25) is 9.59 Å². The molecule has 6 heteroatoms. The number of amides is 2. The van der Waals surface area contributed by atoms with Crippen LogP contribution in [0, 0.1) is 12.8 Å². The zero-order valence-electron chi connectivity index (χ0n) is 20.6. The van der Waals surface area contributed by atoms with Crippen molar-refractivity contribution in [2.24, 2.45) is 5.92 Å². The molecular weight excluding hydrogens is 440 g/mol. The third kappa shape index (κ3) is 4.83. The Bertz CT molecular complexity index is 1240. The maximum atomic E-state index is 13.2. The lowest BCUT2D eigenvalue weighted by Gasteiger charge is -2.38. The van der Waals surface area contributed by atoms with E-state index in [4.69, 9.17) is 9.15 Å². The summed E-state index contributed by atoms with van der Waals surface area (Å²) in [6.45, 7) is 5.58. The van der Waals surface area contributed by atoms with Gasteiger partial charge in [0.05, 0.1) is 6.04 Å². The predicted molar refractivity (Wildman–Crippen MR) is 133 cm³/mol. The highest BCUT2D eigenvalue weighted by atomic mass is 16.5. The van der Waals surface area contributed by atoms with E-state index >= 15 is 0 Å². The van der Waals surface area contributed by atoms with Crippen molar-refractivity contribution < 1.29 is 18.7 Å². The standard InChI is InChI=1S/C29H32N2O4/c1-4-30(3)29(33)26-13-12-24(35-26)18-34-23-11-10-20-14-15-31(28(32)21-8-9-21)27(25(20)17-23)22-7-5-6-19(2)16-22/h5-7,10-13,16-17,21,27H,4,8-9,14-15,18H2,1-3H3/t27-/m0/s1. The summed E-state index contributed by atoms with van der Waals surface area (Å²) in [6, 6.07) is 17.9. The van der Waals surface area contributed by atoms with E-state index in [1.54, 1.807) is 24.1 Å². The Balaban J connectivity index is 1.40. The van der Waals surface area contributed by atoms with Crippen LogP contribution >= 0.6 is 0 Å². The summed E-state index contributed by atoms with van der Waals surface area (Å²) < 4.78 is 11.8. The molecule has 3 aromatic rings. The molecule has 35 heavy (non-hydrogen) atoms. The molecule has 0 saturated heterocycles. The van der Waals surface area contributed by atoms with Crippen molar-refractivity contribution in [3.8, 4) is 5.75 Å². The van der Waals surface area contributed by atoms with Gasteiger partial charge >= 0.3 is 0 Å². The van der Waals surface area contributed by atoms with Crippen molar-refractivity contribution in [1.29, 1.82) is 0 Å². The smallest absolute Gasteiger partial charge is 0.289 e. The molecule has 2 aromatic carbocycles. The summed E-state index contributed by atoms with van der Waals surface area (Å²) in [5, 5.41) is 0. The van der Waals surface area contributed by atoms with Crippen molar-refractivity contribution in [2.45, 2.75) is 45.8 Å². The quantitative estimate of drug-likeness (QED) is 0.478. The molecule has 0 bridgehead atoms. The largest absolute Gasteiger partial charge is 0.486 e. The van der Waals surface area contributed by atoms with E-state index in [1.807, 2.05) is 13.0 Å². The van der Waals surface area contributed by atoms with E-state index in [9.17, 15) is 9.59 Å². The highest BCUT2D eigenvalue weighted by Gasteiger charge is 2.39. The fourth-order valence-electron chi connectivity index (χ4n) is 4.74. The average molecular weight is 473 g/mol. The minimum atomic E-state index is -0.144. The average Bonchev–Trinajstić information content (AvgIpc) is 3.62. The number of rotatable bonds is 7. The molecule has 182 valence electrons. The number of ether oxygens (including phenoxy) is 1. The van der Waals surface area contributed by atoms with Gasteiger partial charge in [0.1, 0.15) is 18.1 Å². The first kappa shape index (κ1) is 23.2. The van der Waals surface area contributed by atoms with Gasteiger partial charge in [0.2, 0.25) is 5.91 Å². The molecule has 1 aromatic heterocycles. The van der Waals surface area contributed by atoms with Gasteiger partial charge in [-0.2, -0.15) is 0 Å². The van der Waals surface area contributed by atoms with Crippen LogP contribution in [0.15, 0.2) is 59.0 Å². The number of furan rings is 1. The lowest BCUT2D eigenvalue weighted by atomic mass is 9.87. The first-order valence-electron chi connectivity index (χ1n) is 12.4. The van der Waals surface area contributed by atoms with Gasteiger partial charge in [0.25, 0.3) is 5.91 Å². The third-order valence-electron chi connectivity index (χ3n) is 6.99. The van der Waals surface area contributed by atoms with Crippen LogP contribution in [0.5, 0.6) is 5.75 Å². The van der Waals surface area contributed by atoms with Gasteiger partial charge in [-0.25, -0.2) is 0 Å². The Morgan fingerprint density at radius 1 is 1.11 bits per heavy atom. The van der Waals surface area contributed by atoms with Crippen LogP contribution in [0.4, 0.5) is 0 Å². The van der Waals surface area contributed by atoms with E-state index in [1.165, 1.54) is 11.1 Å². The van der Waals surface area contributed by atoms with Gasteiger partial charge in [0.15, 0.2) is 5.76 Å². The van der Waals surface area contributed by atoms with Crippen LogP contribution in [-0.4, -0.2) is 41.8 Å². The number of aryl methyl sites for hydroxylation is 1. The number of benzene rings is 2. The first-order valence-corrected chi connectivity index (χ1v) is 12.4. The Labute approximate surface area is 206 Å². The normalized spacial score (nSPS) is 17.1. The van der Waals surface area contributed by atoms with E-state index in [0.717, 1.165) is 42.7 Å². The van der Waals surface area contributed by atoms with Crippen LogP contribution in [0.2, 0.25) is 0 Å². The van der Waals surface area contributed by atoms with E-state index in [0.29, 0.717) is 18.1 Å². The van der Waals surface area contributed by atoms with Crippen molar-refractivity contribution in [3.05, 3.63) is 88.4 Å². The first-order chi connectivity index (χ1) is 16.9. The van der Waals surface area contributed by atoms with Crippen molar-refractivity contribution >= 4 is 11.8 Å². The number of hydrogen-bond acceptors (Lipinski definition) is 4. The summed E-state index contributed by atoms with van der Waals surface area (Å²) in [6.07, 6.45) is 2.83. The molecule has 1 aliphatic carbocycles. The Morgan fingerprint density at radius 2 is 1.94 bits per heavy atom. The van der Waals surface area contributed by atoms with Crippen LogP contribution in [-0.2, 0) is 17.8 Å². The molecule has 0 spiro atoms. The minimum absolute atomic E-state index is 0.118. The zero-order chi connectivity index (χ0) is 24.5. The molecule has 1 fully saturated rings. The van der Waals surface area contributed by atoms with E-state index in [-0.39, 0.29) is 30.4 Å². The second-order valence-corrected chi connectivity index (χ2v) is 9.61. The highest BCUT2D eigenvalue weighted by molar-refractivity contribution is 5.91. The highest BCUT2D eigenvalue weighted by Crippen LogP contribution is 2.41. The van der Waals surface area contributed by atoms with Crippen LogP contribution < -0.4 is 4.74 Å². The zero-order valence-corrected chi connectivity index (χ0v) is 20.6. The topological polar surface area (TPSA) is 63.0 Å². The number of nitrogens with zero attached hydrogens (tertiary/aromatic N) is 2. The maximum Gasteiger partial charge on any atom is 0.289 e. The third-order valence-corrected chi connectivity index (χ3v) is 6.99. The SMILES string of the molecule is CCN(C)C(=O)c1ccc(COc2ccc3c(c2)[C@H](c2cccc(C)c2)N(C(=O)C2CC2)CC3)o1. The molecule has 1 aliphatic heterocycles. The van der Waals surface area contributed by atoms with E-state index in [2.05, 4.69) is 48.2 Å². The molecule has 0 N–H and O–H groups in total. The van der Waals surface area contributed by atoms with Crippen molar-refractivity contribution in [3.63, 3.8) is 0 Å². The molecule has 2 amide bonds. The molecule has 1 saturated carbocycles. The predicted octanol–water partition coefficient (Wildman–Crippen LogP) is 5.14. The molecule has 2 heterocycles. The second kappa shape index (κ2) is 9.61. The minimum Gasteiger partial charge on any atom is -0.486 e. The lowest BCUT2D eigenvalue weighted by molar-refractivity contribution is -0.134. The number of fused-ring (bicyclic) bond motifs is 1. The monoisotopic (exact) mass is 472 g/mol. The molecule has 5 rings (SSSR count). The van der Waals surface area contributed by atoms with Crippen molar-refractivity contribution in [2.75, 3.05) is 20.1 Å². The summed E-state index contributed by atoms with van der Waals surface area (Å²) in [4.78, 5) is 29.2. The fourth-order valence-corrected chi connectivity index (χ4v) is 4.74. The Morgan fingerprint density at radius 3 is 2.69 bits per heavy atom. The molecule has 6 nitrogen and oxygen atoms in total. The molecule has 2 aliphatic rings. The number of hydrogen-bond donors (Lipinski definition) is 0. The molecule has 0 unspecified atom stereocenters. The van der Waals surface area contributed by atoms with Crippen LogP contribution in [0.1, 0.15) is 64.4 Å². The second-order valence-electron chi connectivity index (χ2n) is 9.61. The molecule has 0 radical (unpaired) electrons. The summed E-state index contributed by atoms with van der Waals surface area (Å²) in [5.41, 5.74) is 4.68.